The normalized spacial score (nSPS) is 25.7. The number of amides is 1. The quantitative estimate of drug-likeness (QED) is 0.863. The first-order valence-electron chi connectivity index (χ1n) is 9.86. The van der Waals surface area contributed by atoms with Crippen LogP contribution in [0.25, 0.3) is 0 Å². The molecule has 0 aromatic heterocycles. The average Bonchev–Trinajstić information content (AvgIpc) is 2.62. The highest BCUT2D eigenvalue weighted by Crippen LogP contribution is 2.28. The number of carbonyl (C=O) groups is 1. The monoisotopic (exact) mass is 344 g/mol. The lowest BCUT2D eigenvalue weighted by Crippen LogP contribution is -2.36. The lowest BCUT2D eigenvalue weighted by molar-refractivity contribution is -0.126. The summed E-state index contributed by atoms with van der Waals surface area (Å²) in [6.45, 7) is 5.67. The van der Waals surface area contributed by atoms with E-state index in [-0.39, 0.29) is 17.9 Å². The van der Waals surface area contributed by atoms with Crippen LogP contribution in [0.3, 0.4) is 0 Å². The molecule has 0 bridgehead atoms. The summed E-state index contributed by atoms with van der Waals surface area (Å²) in [6.07, 6.45) is 6.09. The molecule has 2 atom stereocenters. The summed E-state index contributed by atoms with van der Waals surface area (Å²) in [7, 11) is 0. The Morgan fingerprint density at radius 2 is 1.88 bits per heavy atom. The van der Waals surface area contributed by atoms with Crippen molar-refractivity contribution in [2.45, 2.75) is 64.6 Å². The van der Waals surface area contributed by atoms with Crippen LogP contribution in [-0.2, 0) is 17.9 Å². The number of piperidine rings is 1. The summed E-state index contributed by atoms with van der Waals surface area (Å²) in [5.41, 5.74) is 2.50. The first kappa shape index (κ1) is 18.4. The molecule has 1 aromatic carbocycles. The van der Waals surface area contributed by atoms with E-state index in [9.17, 15) is 9.90 Å². The molecular weight excluding hydrogens is 312 g/mol. The topological polar surface area (TPSA) is 52.6 Å². The van der Waals surface area contributed by atoms with E-state index >= 15 is 0 Å². The molecule has 4 nitrogen and oxygen atoms in total. The van der Waals surface area contributed by atoms with Gasteiger partial charge in [-0.05, 0) is 42.7 Å². The minimum absolute atomic E-state index is 0.135. The van der Waals surface area contributed by atoms with Gasteiger partial charge in [-0.3, -0.25) is 9.69 Å². The standard InChI is InChI=1S/C21H32N2O2/c1-16-5-4-8-17(13-16)21(25)22-14-18-6-2-3-7-19(18)15-23-11-9-20(24)10-12-23/h2-3,6-7,16-17,20,24H,4-5,8-15H2,1H3,(H,22,25). The highest BCUT2D eigenvalue weighted by atomic mass is 16.3. The van der Waals surface area contributed by atoms with Gasteiger partial charge in [0.15, 0.2) is 0 Å². The van der Waals surface area contributed by atoms with E-state index in [2.05, 4.69) is 35.3 Å². The third-order valence-electron chi connectivity index (χ3n) is 5.83. The number of nitrogens with zero attached hydrogens (tertiary/aromatic N) is 1. The van der Waals surface area contributed by atoms with E-state index in [0.717, 1.165) is 45.3 Å². The number of aliphatic hydroxyl groups is 1. The van der Waals surface area contributed by atoms with E-state index < -0.39 is 0 Å². The second-order valence-electron chi connectivity index (χ2n) is 7.96. The minimum Gasteiger partial charge on any atom is -0.393 e. The van der Waals surface area contributed by atoms with Crippen molar-refractivity contribution in [2.24, 2.45) is 11.8 Å². The Hall–Kier alpha value is -1.39. The highest BCUT2D eigenvalue weighted by Gasteiger charge is 2.25. The molecule has 2 N–H and O–H groups in total. The Labute approximate surface area is 151 Å². The predicted octanol–water partition coefficient (Wildman–Crippen LogP) is 3.09. The van der Waals surface area contributed by atoms with Crippen molar-refractivity contribution in [1.82, 2.24) is 10.2 Å². The molecule has 1 saturated heterocycles. The minimum atomic E-state index is -0.135. The molecule has 0 radical (unpaired) electrons. The van der Waals surface area contributed by atoms with Gasteiger partial charge in [-0.15, -0.1) is 0 Å². The molecule has 2 unspecified atom stereocenters. The summed E-state index contributed by atoms with van der Waals surface area (Å²) >= 11 is 0. The summed E-state index contributed by atoms with van der Waals surface area (Å²) < 4.78 is 0. The summed E-state index contributed by atoms with van der Waals surface area (Å²) in [4.78, 5) is 14.9. The van der Waals surface area contributed by atoms with Gasteiger partial charge in [0.05, 0.1) is 6.10 Å². The van der Waals surface area contributed by atoms with Crippen LogP contribution in [0.2, 0.25) is 0 Å². The van der Waals surface area contributed by atoms with Crippen LogP contribution in [0.4, 0.5) is 0 Å². The Balaban J connectivity index is 1.54. The molecule has 3 rings (SSSR count). The summed E-state index contributed by atoms with van der Waals surface area (Å²) in [5, 5.41) is 12.8. The molecule has 25 heavy (non-hydrogen) atoms. The van der Waals surface area contributed by atoms with Crippen molar-refractivity contribution in [1.29, 1.82) is 0 Å². The van der Waals surface area contributed by atoms with E-state index in [4.69, 9.17) is 0 Å². The molecule has 1 heterocycles. The second kappa shape index (κ2) is 8.81. The average molecular weight is 344 g/mol. The molecule has 2 fully saturated rings. The number of rotatable bonds is 5. The second-order valence-corrected chi connectivity index (χ2v) is 7.96. The third-order valence-corrected chi connectivity index (χ3v) is 5.83. The van der Waals surface area contributed by atoms with Gasteiger partial charge in [0.1, 0.15) is 0 Å². The Bertz CT molecular complexity index is 567. The van der Waals surface area contributed by atoms with E-state index in [1.54, 1.807) is 0 Å². The highest BCUT2D eigenvalue weighted by molar-refractivity contribution is 5.78. The van der Waals surface area contributed by atoms with Crippen LogP contribution in [0, 0.1) is 11.8 Å². The van der Waals surface area contributed by atoms with Crippen molar-refractivity contribution in [3.8, 4) is 0 Å². The van der Waals surface area contributed by atoms with Gasteiger partial charge in [-0.25, -0.2) is 0 Å². The third kappa shape index (κ3) is 5.29. The van der Waals surface area contributed by atoms with Crippen LogP contribution >= 0.6 is 0 Å². The van der Waals surface area contributed by atoms with Gasteiger partial charge < -0.3 is 10.4 Å². The molecule has 1 amide bonds. The Morgan fingerprint density at radius 3 is 2.60 bits per heavy atom. The smallest absolute Gasteiger partial charge is 0.223 e. The number of benzene rings is 1. The maximum atomic E-state index is 12.5. The molecule has 1 aliphatic carbocycles. The zero-order valence-corrected chi connectivity index (χ0v) is 15.4. The van der Waals surface area contributed by atoms with Gasteiger partial charge in [0, 0.05) is 32.1 Å². The van der Waals surface area contributed by atoms with Gasteiger partial charge in [-0.2, -0.15) is 0 Å². The maximum Gasteiger partial charge on any atom is 0.223 e. The van der Waals surface area contributed by atoms with Crippen LogP contribution in [-0.4, -0.2) is 35.1 Å². The van der Waals surface area contributed by atoms with Crippen LogP contribution in [0.1, 0.15) is 56.6 Å². The fourth-order valence-corrected chi connectivity index (χ4v) is 4.20. The zero-order valence-electron chi connectivity index (χ0n) is 15.4. The van der Waals surface area contributed by atoms with Crippen molar-refractivity contribution < 1.29 is 9.90 Å². The fraction of sp³-hybridized carbons (Fsp3) is 0.667. The fourth-order valence-electron chi connectivity index (χ4n) is 4.20. The maximum absolute atomic E-state index is 12.5. The Kier molecular flexibility index (Phi) is 6.49. The van der Waals surface area contributed by atoms with Crippen LogP contribution in [0.5, 0.6) is 0 Å². The summed E-state index contributed by atoms with van der Waals surface area (Å²) in [6, 6.07) is 8.41. The Morgan fingerprint density at radius 1 is 1.16 bits per heavy atom. The molecular formula is C21H32N2O2. The van der Waals surface area contributed by atoms with Gasteiger partial charge >= 0.3 is 0 Å². The lowest BCUT2D eigenvalue weighted by Gasteiger charge is -2.30. The molecule has 4 heteroatoms. The largest absolute Gasteiger partial charge is 0.393 e. The van der Waals surface area contributed by atoms with Gasteiger partial charge in [-0.1, -0.05) is 44.0 Å². The number of likely N-dealkylation sites (tertiary alicyclic amines) is 1. The first-order chi connectivity index (χ1) is 12.1. The first-order valence-corrected chi connectivity index (χ1v) is 9.86. The van der Waals surface area contributed by atoms with Gasteiger partial charge in [0.2, 0.25) is 5.91 Å². The molecule has 2 aliphatic rings. The molecule has 0 spiro atoms. The molecule has 138 valence electrons. The van der Waals surface area contributed by atoms with Crippen molar-refractivity contribution >= 4 is 5.91 Å². The van der Waals surface area contributed by atoms with E-state index in [1.165, 1.54) is 24.0 Å². The lowest BCUT2D eigenvalue weighted by atomic mass is 9.82. The van der Waals surface area contributed by atoms with E-state index in [1.807, 2.05) is 6.07 Å². The predicted molar refractivity (Wildman–Crippen MR) is 99.9 cm³/mol. The number of aliphatic hydroxyl groups excluding tert-OH is 1. The van der Waals surface area contributed by atoms with Crippen molar-refractivity contribution in [3.63, 3.8) is 0 Å². The molecule has 1 aromatic rings. The summed E-state index contributed by atoms with van der Waals surface area (Å²) in [5.74, 6) is 1.09. The van der Waals surface area contributed by atoms with Crippen LogP contribution in [0.15, 0.2) is 24.3 Å². The molecule has 1 saturated carbocycles. The van der Waals surface area contributed by atoms with Gasteiger partial charge in [0.25, 0.3) is 0 Å². The van der Waals surface area contributed by atoms with E-state index in [0.29, 0.717) is 12.5 Å². The SMILES string of the molecule is CC1CCCC(C(=O)NCc2ccccc2CN2CCC(O)CC2)C1. The number of hydrogen-bond donors (Lipinski definition) is 2. The number of hydrogen-bond acceptors (Lipinski definition) is 3. The number of carbonyl (C=O) groups excluding carboxylic acids is 1. The van der Waals surface area contributed by atoms with Crippen molar-refractivity contribution in [2.75, 3.05) is 13.1 Å². The zero-order chi connectivity index (χ0) is 17.6. The van der Waals surface area contributed by atoms with Crippen molar-refractivity contribution in [3.05, 3.63) is 35.4 Å². The van der Waals surface area contributed by atoms with Crippen LogP contribution < -0.4 is 5.32 Å². The number of nitrogens with one attached hydrogen (secondary N) is 1. The molecule has 1 aliphatic heterocycles.